The van der Waals surface area contributed by atoms with Gasteiger partial charge in [-0.25, -0.2) is 0 Å². The van der Waals surface area contributed by atoms with Crippen LogP contribution in [0.4, 0.5) is 13.2 Å². The van der Waals surface area contributed by atoms with E-state index < -0.39 is 16.8 Å². The third-order valence-electron chi connectivity index (χ3n) is 6.06. The smallest absolute Gasteiger partial charge is 0.280 e. The summed E-state index contributed by atoms with van der Waals surface area (Å²) in [5.74, 6) is 1.70. The molecular formula is C17H26ClF3O. The van der Waals surface area contributed by atoms with E-state index >= 15 is 0 Å². The van der Waals surface area contributed by atoms with Crippen LogP contribution in [-0.2, 0) is 4.79 Å². The normalized spacial score (nSPS) is 37.0. The number of alkyl halides is 3. The highest BCUT2D eigenvalue weighted by Gasteiger charge is 2.60. The second-order valence-electron chi connectivity index (χ2n) is 7.26. The van der Waals surface area contributed by atoms with Gasteiger partial charge in [0.25, 0.3) is 0 Å². The van der Waals surface area contributed by atoms with Gasteiger partial charge in [-0.05, 0) is 67.9 Å². The first kappa shape index (κ1) is 18.1. The number of carbonyl (C=O) groups excluding carboxylic acids is 1. The molecule has 22 heavy (non-hydrogen) atoms. The number of hydrogen-bond donors (Lipinski definition) is 0. The van der Waals surface area contributed by atoms with Gasteiger partial charge >= 0.3 is 6.18 Å². The lowest BCUT2D eigenvalue weighted by Crippen LogP contribution is -2.46. The predicted octanol–water partition coefficient (Wildman–Crippen LogP) is 6.10. The Balaban J connectivity index is 1.91. The van der Waals surface area contributed by atoms with Gasteiger partial charge in [0.15, 0.2) is 0 Å². The summed E-state index contributed by atoms with van der Waals surface area (Å²) in [5.41, 5.74) is -2.29. The van der Waals surface area contributed by atoms with Crippen molar-refractivity contribution in [3.05, 3.63) is 0 Å². The molecule has 0 spiro atoms. The summed E-state index contributed by atoms with van der Waals surface area (Å²) in [6, 6.07) is 0. The lowest BCUT2D eigenvalue weighted by molar-refractivity contribution is -0.227. The molecule has 0 bridgehead atoms. The summed E-state index contributed by atoms with van der Waals surface area (Å²) in [6.07, 6.45) is 3.41. The molecule has 0 heterocycles. The van der Waals surface area contributed by atoms with Crippen molar-refractivity contribution in [2.45, 2.75) is 77.3 Å². The summed E-state index contributed by atoms with van der Waals surface area (Å²) >= 11 is 5.33. The van der Waals surface area contributed by atoms with Crippen molar-refractivity contribution in [1.29, 1.82) is 0 Å². The SMILES string of the molecule is CCCC1CCC(C2CCC(C(=O)Cl)(C(F)(F)F)CC2)CC1. The minimum Gasteiger partial charge on any atom is -0.280 e. The Hall–Kier alpha value is -0.250. The largest absolute Gasteiger partial charge is 0.402 e. The number of halogens is 4. The Labute approximate surface area is 136 Å². The van der Waals surface area contributed by atoms with E-state index in [1.54, 1.807) is 0 Å². The fraction of sp³-hybridized carbons (Fsp3) is 0.941. The van der Waals surface area contributed by atoms with Crippen molar-refractivity contribution < 1.29 is 18.0 Å². The van der Waals surface area contributed by atoms with Crippen LogP contribution in [0.3, 0.4) is 0 Å². The molecule has 0 aromatic carbocycles. The highest BCUT2D eigenvalue weighted by molar-refractivity contribution is 6.64. The van der Waals surface area contributed by atoms with Gasteiger partial charge in [0, 0.05) is 0 Å². The zero-order chi connectivity index (χ0) is 16.4. The van der Waals surface area contributed by atoms with E-state index in [0.717, 1.165) is 18.8 Å². The first-order valence-electron chi connectivity index (χ1n) is 8.57. The molecule has 0 N–H and O–H groups in total. The number of hydrogen-bond acceptors (Lipinski definition) is 1. The topological polar surface area (TPSA) is 17.1 Å². The molecule has 2 aliphatic carbocycles. The fourth-order valence-electron chi connectivity index (χ4n) is 4.55. The Bertz CT molecular complexity index is 378. The van der Waals surface area contributed by atoms with Gasteiger partial charge in [0.2, 0.25) is 5.24 Å². The Morgan fingerprint density at radius 1 is 1.05 bits per heavy atom. The maximum absolute atomic E-state index is 13.2. The zero-order valence-electron chi connectivity index (χ0n) is 13.2. The van der Waals surface area contributed by atoms with Gasteiger partial charge in [-0.2, -0.15) is 13.2 Å². The van der Waals surface area contributed by atoms with Crippen LogP contribution in [0.2, 0.25) is 0 Å². The molecule has 0 aliphatic heterocycles. The molecular weight excluding hydrogens is 313 g/mol. The van der Waals surface area contributed by atoms with Crippen LogP contribution in [0.1, 0.15) is 71.1 Å². The van der Waals surface area contributed by atoms with E-state index in [1.165, 1.54) is 25.7 Å². The van der Waals surface area contributed by atoms with Gasteiger partial charge < -0.3 is 0 Å². The summed E-state index contributed by atoms with van der Waals surface area (Å²) < 4.78 is 39.7. The Morgan fingerprint density at radius 2 is 1.55 bits per heavy atom. The van der Waals surface area contributed by atoms with E-state index in [-0.39, 0.29) is 12.8 Å². The molecule has 1 nitrogen and oxygen atoms in total. The summed E-state index contributed by atoms with van der Waals surface area (Å²) in [6.45, 7) is 2.20. The number of rotatable bonds is 4. The van der Waals surface area contributed by atoms with E-state index in [2.05, 4.69) is 6.92 Å². The minimum absolute atomic E-state index is 0.127. The van der Waals surface area contributed by atoms with Crippen LogP contribution in [0.25, 0.3) is 0 Å². The van der Waals surface area contributed by atoms with Crippen LogP contribution in [-0.4, -0.2) is 11.4 Å². The minimum atomic E-state index is -4.52. The molecule has 5 heteroatoms. The van der Waals surface area contributed by atoms with E-state index in [0.29, 0.717) is 24.7 Å². The lowest BCUT2D eigenvalue weighted by Gasteiger charge is -2.42. The average molecular weight is 339 g/mol. The van der Waals surface area contributed by atoms with Gasteiger partial charge in [-0.15, -0.1) is 0 Å². The third kappa shape index (κ3) is 3.63. The molecule has 0 aromatic rings. The van der Waals surface area contributed by atoms with Crippen molar-refractivity contribution in [2.75, 3.05) is 0 Å². The van der Waals surface area contributed by atoms with Crippen LogP contribution in [0.5, 0.6) is 0 Å². The molecule has 2 saturated carbocycles. The fourth-order valence-corrected chi connectivity index (χ4v) is 4.85. The average Bonchev–Trinajstić information content (AvgIpc) is 2.47. The highest BCUT2D eigenvalue weighted by Crippen LogP contribution is 2.54. The monoisotopic (exact) mass is 338 g/mol. The van der Waals surface area contributed by atoms with E-state index in [1.807, 2.05) is 0 Å². The maximum Gasteiger partial charge on any atom is 0.402 e. The quantitative estimate of drug-likeness (QED) is 0.566. The standard InChI is InChI=1S/C17H26ClF3O/c1-2-3-12-4-6-13(7-5-12)14-8-10-16(11-9-14,15(18)22)17(19,20)21/h12-14H,2-11H2,1H3. The molecule has 0 saturated heterocycles. The molecule has 128 valence electrons. The zero-order valence-corrected chi connectivity index (χ0v) is 14.0. The molecule has 0 unspecified atom stereocenters. The van der Waals surface area contributed by atoms with E-state index in [9.17, 15) is 18.0 Å². The summed E-state index contributed by atoms with van der Waals surface area (Å²) in [5, 5.41) is -1.22. The predicted molar refractivity (Wildman–Crippen MR) is 81.7 cm³/mol. The van der Waals surface area contributed by atoms with Crippen LogP contribution >= 0.6 is 11.6 Å². The molecule has 0 amide bonds. The van der Waals surface area contributed by atoms with Crippen LogP contribution < -0.4 is 0 Å². The van der Waals surface area contributed by atoms with Crippen molar-refractivity contribution >= 4 is 16.8 Å². The first-order valence-corrected chi connectivity index (χ1v) is 8.94. The molecule has 0 aromatic heterocycles. The van der Waals surface area contributed by atoms with Crippen molar-refractivity contribution in [3.63, 3.8) is 0 Å². The van der Waals surface area contributed by atoms with Gasteiger partial charge in [-0.1, -0.05) is 32.6 Å². The molecule has 2 aliphatic rings. The molecule has 0 atom stereocenters. The van der Waals surface area contributed by atoms with E-state index in [4.69, 9.17) is 11.6 Å². The van der Waals surface area contributed by atoms with Crippen LogP contribution in [0, 0.1) is 23.2 Å². The molecule has 2 fully saturated rings. The van der Waals surface area contributed by atoms with Crippen molar-refractivity contribution in [1.82, 2.24) is 0 Å². The second-order valence-corrected chi connectivity index (χ2v) is 7.60. The Kier molecular flexibility index (Phi) is 5.84. The van der Waals surface area contributed by atoms with Gasteiger partial charge in [-0.3, -0.25) is 4.79 Å². The van der Waals surface area contributed by atoms with Crippen molar-refractivity contribution in [2.24, 2.45) is 23.2 Å². The second kappa shape index (κ2) is 7.11. The third-order valence-corrected chi connectivity index (χ3v) is 6.42. The van der Waals surface area contributed by atoms with Gasteiger partial charge in [0.1, 0.15) is 5.41 Å². The van der Waals surface area contributed by atoms with Crippen LogP contribution in [0.15, 0.2) is 0 Å². The van der Waals surface area contributed by atoms with Gasteiger partial charge in [0.05, 0.1) is 0 Å². The molecule has 2 rings (SSSR count). The Morgan fingerprint density at radius 3 is 1.95 bits per heavy atom. The van der Waals surface area contributed by atoms with Crippen molar-refractivity contribution in [3.8, 4) is 0 Å². The highest BCUT2D eigenvalue weighted by atomic mass is 35.5. The summed E-state index contributed by atoms with van der Waals surface area (Å²) in [7, 11) is 0. The maximum atomic E-state index is 13.2. The lowest BCUT2D eigenvalue weighted by atomic mass is 9.64. The molecule has 0 radical (unpaired) electrons. The summed E-state index contributed by atoms with van der Waals surface area (Å²) in [4.78, 5) is 11.4. The number of carbonyl (C=O) groups is 1. The first-order chi connectivity index (χ1) is 10.3.